The predicted octanol–water partition coefficient (Wildman–Crippen LogP) is 8.87. The van der Waals surface area contributed by atoms with Crippen molar-refractivity contribution in [2.45, 2.75) is 30.8 Å². The Hall–Kier alpha value is -1.36. The average molecular weight is 614 g/mol. The monoisotopic (exact) mass is 614 g/mol. The van der Waals surface area contributed by atoms with Crippen molar-refractivity contribution in [1.29, 1.82) is 0 Å². The Morgan fingerprint density at radius 3 is 0.969 bits per heavy atom. The fraction of sp³-hybridized carbons (Fsp3) is 0.294. The van der Waals surface area contributed by atoms with E-state index in [0.29, 0.717) is 9.21 Å². The van der Waals surface area contributed by atoms with Crippen LogP contribution in [0.1, 0.15) is 39.5 Å². The van der Waals surface area contributed by atoms with Gasteiger partial charge in [0.05, 0.1) is 31.5 Å². The van der Waals surface area contributed by atoms with Crippen molar-refractivity contribution in [2.75, 3.05) is 0 Å². The maximum atomic E-state index is 13.1. The van der Waals surface area contributed by atoms with Gasteiger partial charge in [0.1, 0.15) is 6.10 Å². The Labute approximate surface area is 187 Å². The zero-order valence-corrected chi connectivity index (χ0v) is 17.7. The minimum atomic E-state index is -5.29. The lowest BCUT2D eigenvalue weighted by Crippen LogP contribution is -2.16. The molecule has 2 aromatic rings. The second-order valence-corrected chi connectivity index (χ2v) is 7.61. The standard InChI is InChI=1S/C17H7F12IOS/c18-14(19,20)9-1-7(2-10(5-9)15(21,22)23)13(31-32-30)8-3-11(16(24,25)26)6-12(4-8)17(27,28)29/h1-6,13H. The summed E-state index contributed by atoms with van der Waals surface area (Å²) in [7, 11) is 0.298. The molecule has 0 heterocycles. The highest BCUT2D eigenvalue weighted by Gasteiger charge is 2.40. The summed E-state index contributed by atoms with van der Waals surface area (Å²) in [5, 5.41) is 0. The number of alkyl halides is 12. The van der Waals surface area contributed by atoms with E-state index >= 15 is 0 Å². The molecule has 2 aromatic carbocycles. The van der Waals surface area contributed by atoms with Crippen molar-refractivity contribution >= 4 is 30.4 Å². The first kappa shape index (κ1) is 26.9. The highest BCUT2D eigenvalue weighted by molar-refractivity contribution is 14.2. The number of rotatable bonds is 4. The van der Waals surface area contributed by atoms with E-state index in [-0.39, 0.29) is 36.4 Å². The molecular weight excluding hydrogens is 607 g/mol. The van der Waals surface area contributed by atoms with Crippen LogP contribution in [0.25, 0.3) is 0 Å². The zero-order chi connectivity index (χ0) is 24.7. The number of halogens is 13. The number of benzene rings is 2. The summed E-state index contributed by atoms with van der Waals surface area (Å²) in [6.45, 7) is 0. The third-order valence-electron chi connectivity index (χ3n) is 3.96. The van der Waals surface area contributed by atoms with Gasteiger partial charge in [-0.05, 0) is 47.5 Å². The summed E-state index contributed by atoms with van der Waals surface area (Å²) in [5.41, 5.74) is -9.11. The van der Waals surface area contributed by atoms with E-state index in [9.17, 15) is 52.7 Å². The summed E-state index contributed by atoms with van der Waals surface area (Å²) < 4.78 is 162. The molecule has 178 valence electrons. The first-order chi connectivity index (χ1) is 14.3. The lowest BCUT2D eigenvalue weighted by molar-refractivity contribution is -0.144. The van der Waals surface area contributed by atoms with Gasteiger partial charge in [0.15, 0.2) is 0 Å². The third-order valence-corrected chi connectivity index (χ3v) is 4.85. The van der Waals surface area contributed by atoms with Gasteiger partial charge in [-0.2, -0.15) is 52.7 Å². The molecule has 0 spiro atoms. The van der Waals surface area contributed by atoms with Crippen molar-refractivity contribution in [3.05, 3.63) is 69.8 Å². The molecule has 2 rings (SSSR count). The van der Waals surface area contributed by atoms with Crippen LogP contribution in [0.5, 0.6) is 0 Å². The fourth-order valence-corrected chi connectivity index (χ4v) is 3.52. The lowest BCUT2D eigenvalue weighted by atomic mass is 9.94. The molecule has 0 aliphatic heterocycles. The van der Waals surface area contributed by atoms with Crippen LogP contribution in [0.2, 0.25) is 0 Å². The molecule has 15 heteroatoms. The second-order valence-electron chi connectivity index (χ2n) is 6.22. The summed E-state index contributed by atoms with van der Waals surface area (Å²) in [6, 6.07) is 0.206. The third kappa shape index (κ3) is 6.59. The van der Waals surface area contributed by atoms with E-state index in [0.717, 1.165) is 0 Å². The second kappa shape index (κ2) is 9.12. The Morgan fingerprint density at radius 1 is 0.531 bits per heavy atom. The summed E-state index contributed by atoms with van der Waals surface area (Å²) in [4.78, 5) is 0. The highest BCUT2D eigenvalue weighted by atomic mass is 127. The van der Waals surface area contributed by atoms with Crippen LogP contribution in [0.4, 0.5) is 52.7 Å². The van der Waals surface area contributed by atoms with Gasteiger partial charge in [-0.1, -0.05) is 0 Å². The SMILES string of the molecule is FC(F)(F)c1cc(C(OSI)c2cc(C(F)(F)F)cc(C(F)(F)F)c2)cc(C(F)(F)F)c1. The average Bonchev–Trinajstić information content (AvgIpc) is 2.62. The van der Waals surface area contributed by atoms with E-state index < -0.39 is 64.2 Å². The first-order valence-electron chi connectivity index (χ1n) is 7.87. The molecule has 0 aliphatic carbocycles. The van der Waals surface area contributed by atoms with E-state index in [1.54, 1.807) is 0 Å². The Balaban J connectivity index is 2.82. The summed E-state index contributed by atoms with van der Waals surface area (Å²) in [5.74, 6) is 0. The first-order valence-corrected chi connectivity index (χ1v) is 11.2. The van der Waals surface area contributed by atoms with E-state index in [4.69, 9.17) is 4.18 Å². The minimum absolute atomic E-state index is 0.167. The maximum absolute atomic E-state index is 13.1. The topological polar surface area (TPSA) is 9.23 Å². The smallest absolute Gasteiger partial charge is 0.292 e. The molecule has 0 fully saturated rings. The van der Waals surface area contributed by atoms with Crippen molar-refractivity contribution in [3.8, 4) is 0 Å². The van der Waals surface area contributed by atoms with Crippen LogP contribution in [-0.4, -0.2) is 0 Å². The number of hydrogen-bond acceptors (Lipinski definition) is 2. The normalized spacial score (nSPS) is 13.7. The van der Waals surface area contributed by atoms with Crippen molar-refractivity contribution in [3.63, 3.8) is 0 Å². The Morgan fingerprint density at radius 2 is 0.781 bits per heavy atom. The fourth-order valence-electron chi connectivity index (χ4n) is 2.60. The molecule has 0 radical (unpaired) electrons. The molecule has 0 aromatic heterocycles. The van der Waals surface area contributed by atoms with Gasteiger partial charge in [-0.25, -0.2) is 0 Å². The van der Waals surface area contributed by atoms with Gasteiger partial charge >= 0.3 is 24.7 Å². The largest absolute Gasteiger partial charge is 0.416 e. The molecule has 0 saturated heterocycles. The molecule has 1 nitrogen and oxygen atoms in total. The molecule has 0 atom stereocenters. The number of hydrogen-bond donors (Lipinski definition) is 0. The van der Waals surface area contributed by atoms with E-state index in [1.165, 1.54) is 21.2 Å². The van der Waals surface area contributed by atoms with Gasteiger partial charge in [0, 0.05) is 21.2 Å². The van der Waals surface area contributed by atoms with Crippen molar-refractivity contribution < 1.29 is 56.9 Å². The zero-order valence-electron chi connectivity index (χ0n) is 14.8. The van der Waals surface area contributed by atoms with Gasteiger partial charge in [-0.15, -0.1) is 0 Å². The van der Waals surface area contributed by atoms with Gasteiger partial charge < -0.3 is 0 Å². The van der Waals surface area contributed by atoms with Crippen LogP contribution in [0, 0.1) is 0 Å². The minimum Gasteiger partial charge on any atom is -0.292 e. The van der Waals surface area contributed by atoms with E-state index in [2.05, 4.69) is 0 Å². The molecule has 0 unspecified atom stereocenters. The van der Waals surface area contributed by atoms with Crippen LogP contribution in [-0.2, 0) is 28.9 Å². The Bertz CT molecular complexity index is 822. The molecule has 0 saturated carbocycles. The van der Waals surface area contributed by atoms with Crippen LogP contribution in [0.3, 0.4) is 0 Å². The maximum Gasteiger partial charge on any atom is 0.416 e. The van der Waals surface area contributed by atoms with E-state index in [1.807, 2.05) is 0 Å². The molecular formula is C17H7F12IOS. The van der Waals surface area contributed by atoms with Crippen LogP contribution < -0.4 is 0 Å². The molecule has 32 heavy (non-hydrogen) atoms. The molecule has 0 amide bonds. The highest BCUT2D eigenvalue weighted by Crippen LogP contribution is 2.43. The van der Waals surface area contributed by atoms with Crippen molar-refractivity contribution in [2.24, 2.45) is 0 Å². The molecule has 0 N–H and O–H groups in total. The van der Waals surface area contributed by atoms with Crippen LogP contribution in [0.15, 0.2) is 36.4 Å². The van der Waals surface area contributed by atoms with Crippen LogP contribution >= 0.6 is 30.4 Å². The van der Waals surface area contributed by atoms with Gasteiger partial charge in [0.25, 0.3) is 0 Å². The quantitative estimate of drug-likeness (QED) is 0.193. The summed E-state index contributed by atoms with van der Waals surface area (Å²) >= 11 is 1.36. The molecule has 0 aliphatic rings. The molecule has 0 bridgehead atoms. The van der Waals surface area contributed by atoms with Gasteiger partial charge in [-0.3, -0.25) is 4.18 Å². The lowest BCUT2D eigenvalue weighted by Gasteiger charge is -2.22. The summed E-state index contributed by atoms with van der Waals surface area (Å²) in [6.07, 6.45) is -23.3. The van der Waals surface area contributed by atoms with Gasteiger partial charge in [0.2, 0.25) is 0 Å². The Kier molecular flexibility index (Phi) is 7.66. The predicted molar refractivity (Wildman–Crippen MR) is 97.4 cm³/mol. The van der Waals surface area contributed by atoms with Crippen molar-refractivity contribution in [1.82, 2.24) is 0 Å².